The average Bonchev–Trinajstić information content (AvgIpc) is 3.38. The third-order valence-electron chi connectivity index (χ3n) is 7.38. The summed E-state index contributed by atoms with van der Waals surface area (Å²) in [4.78, 5) is 19.2. The van der Waals surface area contributed by atoms with E-state index in [2.05, 4.69) is 47.5 Å². The van der Waals surface area contributed by atoms with Crippen LogP contribution in [0.15, 0.2) is 64.9 Å². The molecule has 0 unspecified atom stereocenters. The van der Waals surface area contributed by atoms with Crippen molar-refractivity contribution in [2.24, 2.45) is 0 Å². The number of piperazine rings is 1. The molecule has 1 amide bonds. The summed E-state index contributed by atoms with van der Waals surface area (Å²) in [6, 6.07) is 16.9. The number of sulfonamides is 1. The number of carbonyl (C=O) groups is 1. The van der Waals surface area contributed by atoms with Gasteiger partial charge in [0, 0.05) is 37.1 Å². The zero-order valence-electron chi connectivity index (χ0n) is 21.5. The number of thiophene rings is 1. The standard InChI is InChI=1S/C28H33N3O4S2/c1-20-4-6-22(7-5-20)28-25-13-17-36-26(25)12-14-30(28)19-27(32)29-15-16-31(21(2)18-29)37(33,34)24-10-8-23(35-3)9-11-24/h4-11,13,17,21,28H,12,14-16,18-19H2,1-3H3/t21-,28-/m1/s1. The van der Waals surface area contributed by atoms with Crippen molar-refractivity contribution in [1.29, 1.82) is 0 Å². The van der Waals surface area contributed by atoms with Gasteiger partial charge in [0.15, 0.2) is 0 Å². The first-order chi connectivity index (χ1) is 17.8. The molecule has 3 heterocycles. The molecule has 0 aliphatic carbocycles. The zero-order valence-corrected chi connectivity index (χ0v) is 23.1. The van der Waals surface area contributed by atoms with E-state index in [4.69, 9.17) is 4.74 Å². The Hall–Kier alpha value is -2.72. The van der Waals surface area contributed by atoms with Crippen LogP contribution in [0.25, 0.3) is 0 Å². The van der Waals surface area contributed by atoms with Gasteiger partial charge in [0.25, 0.3) is 0 Å². The third kappa shape index (κ3) is 5.18. The predicted octanol–water partition coefficient (Wildman–Crippen LogP) is 3.93. The SMILES string of the molecule is COc1ccc(S(=O)(=O)N2CCN(C(=O)CN3CCc4sccc4[C@H]3c3ccc(C)cc3)C[C@H]2C)cc1. The van der Waals surface area contributed by atoms with Crippen LogP contribution < -0.4 is 4.74 Å². The first kappa shape index (κ1) is 25.9. The van der Waals surface area contributed by atoms with Gasteiger partial charge in [-0.2, -0.15) is 4.31 Å². The Balaban J connectivity index is 1.29. The largest absolute Gasteiger partial charge is 0.497 e. The predicted molar refractivity (Wildman–Crippen MR) is 146 cm³/mol. The number of hydrogen-bond acceptors (Lipinski definition) is 6. The summed E-state index contributed by atoms with van der Waals surface area (Å²) in [5.74, 6) is 0.655. The number of nitrogens with zero attached hydrogens (tertiary/aromatic N) is 3. The van der Waals surface area contributed by atoms with E-state index >= 15 is 0 Å². The van der Waals surface area contributed by atoms with Gasteiger partial charge in [0.05, 0.1) is 24.6 Å². The highest BCUT2D eigenvalue weighted by Gasteiger charge is 2.37. The maximum atomic E-state index is 13.5. The van der Waals surface area contributed by atoms with Crippen molar-refractivity contribution in [2.75, 3.05) is 39.8 Å². The topological polar surface area (TPSA) is 70.2 Å². The number of benzene rings is 2. The van der Waals surface area contributed by atoms with E-state index in [-0.39, 0.29) is 29.4 Å². The molecule has 2 aromatic carbocycles. The van der Waals surface area contributed by atoms with E-state index in [1.54, 1.807) is 42.7 Å². The molecule has 1 fully saturated rings. The van der Waals surface area contributed by atoms with Crippen molar-refractivity contribution in [2.45, 2.75) is 37.2 Å². The summed E-state index contributed by atoms with van der Waals surface area (Å²) in [5.41, 5.74) is 3.70. The molecule has 0 spiro atoms. The van der Waals surface area contributed by atoms with E-state index in [9.17, 15) is 13.2 Å². The minimum Gasteiger partial charge on any atom is -0.497 e. The highest BCUT2D eigenvalue weighted by atomic mass is 32.2. The molecule has 1 saturated heterocycles. The number of aryl methyl sites for hydroxylation is 1. The second kappa shape index (κ2) is 10.6. The van der Waals surface area contributed by atoms with E-state index in [1.165, 1.54) is 25.9 Å². The average molecular weight is 540 g/mol. The molecular formula is C28H33N3O4S2. The molecule has 5 rings (SSSR count). The highest BCUT2D eigenvalue weighted by Crippen LogP contribution is 2.37. The van der Waals surface area contributed by atoms with Gasteiger partial charge in [-0.15, -0.1) is 11.3 Å². The number of amides is 1. The Morgan fingerprint density at radius 2 is 1.76 bits per heavy atom. The lowest BCUT2D eigenvalue weighted by Crippen LogP contribution is -2.57. The Labute approximate surface area is 223 Å². The van der Waals surface area contributed by atoms with Crippen molar-refractivity contribution < 1.29 is 17.9 Å². The maximum Gasteiger partial charge on any atom is 0.243 e. The van der Waals surface area contributed by atoms with Crippen LogP contribution in [-0.4, -0.2) is 74.3 Å². The fraction of sp³-hybridized carbons (Fsp3) is 0.393. The quantitative estimate of drug-likeness (QED) is 0.475. The molecule has 37 heavy (non-hydrogen) atoms. The van der Waals surface area contributed by atoms with Crippen molar-refractivity contribution in [3.63, 3.8) is 0 Å². The summed E-state index contributed by atoms with van der Waals surface area (Å²) in [6.07, 6.45) is 0.937. The Morgan fingerprint density at radius 1 is 1.03 bits per heavy atom. The van der Waals surface area contributed by atoms with Gasteiger partial charge < -0.3 is 9.64 Å². The zero-order chi connectivity index (χ0) is 26.2. The van der Waals surface area contributed by atoms with Crippen LogP contribution in [0.5, 0.6) is 5.75 Å². The first-order valence-corrected chi connectivity index (χ1v) is 14.9. The molecular weight excluding hydrogens is 506 g/mol. The van der Waals surface area contributed by atoms with E-state index < -0.39 is 10.0 Å². The van der Waals surface area contributed by atoms with Crippen molar-refractivity contribution in [3.8, 4) is 5.75 Å². The minimum absolute atomic E-state index is 0.0455. The van der Waals surface area contributed by atoms with Gasteiger partial charge in [-0.05, 0) is 67.1 Å². The second-order valence-corrected chi connectivity index (χ2v) is 12.7. The van der Waals surface area contributed by atoms with Crippen molar-refractivity contribution in [3.05, 3.63) is 81.5 Å². The highest BCUT2D eigenvalue weighted by molar-refractivity contribution is 7.89. The molecule has 2 atom stereocenters. The summed E-state index contributed by atoms with van der Waals surface area (Å²) >= 11 is 1.79. The van der Waals surface area contributed by atoms with Crippen LogP contribution in [0.1, 0.15) is 34.5 Å². The number of hydrogen-bond donors (Lipinski definition) is 0. The van der Waals surface area contributed by atoms with Crippen LogP contribution in [0.3, 0.4) is 0 Å². The van der Waals surface area contributed by atoms with E-state index in [0.717, 1.165) is 13.0 Å². The molecule has 0 saturated carbocycles. The number of methoxy groups -OCH3 is 1. The molecule has 0 bridgehead atoms. The lowest BCUT2D eigenvalue weighted by Gasteiger charge is -2.41. The third-order valence-corrected chi connectivity index (χ3v) is 10.4. The van der Waals surface area contributed by atoms with Crippen LogP contribution >= 0.6 is 11.3 Å². The molecule has 9 heteroatoms. The van der Waals surface area contributed by atoms with Gasteiger partial charge in [-0.1, -0.05) is 29.8 Å². The van der Waals surface area contributed by atoms with Crippen molar-refractivity contribution >= 4 is 27.3 Å². The Bertz CT molecular complexity index is 1350. The van der Waals surface area contributed by atoms with Crippen LogP contribution in [0.4, 0.5) is 0 Å². The van der Waals surface area contributed by atoms with Crippen molar-refractivity contribution in [1.82, 2.24) is 14.1 Å². The molecule has 2 aliphatic rings. The maximum absolute atomic E-state index is 13.5. The molecule has 1 aromatic heterocycles. The van der Waals surface area contributed by atoms with Gasteiger partial charge in [-0.3, -0.25) is 9.69 Å². The molecule has 0 N–H and O–H groups in total. The summed E-state index contributed by atoms with van der Waals surface area (Å²) in [7, 11) is -2.11. The van der Waals surface area contributed by atoms with Crippen LogP contribution in [0, 0.1) is 6.92 Å². The number of fused-ring (bicyclic) bond motifs is 1. The summed E-state index contributed by atoms with van der Waals surface area (Å²) < 4.78 is 33.2. The van der Waals surface area contributed by atoms with Gasteiger partial charge >= 0.3 is 0 Å². The number of carbonyl (C=O) groups excluding carboxylic acids is 1. The van der Waals surface area contributed by atoms with Crippen LogP contribution in [0.2, 0.25) is 0 Å². The minimum atomic E-state index is -3.66. The van der Waals surface area contributed by atoms with Gasteiger partial charge in [-0.25, -0.2) is 8.42 Å². The Kier molecular flexibility index (Phi) is 7.40. The Morgan fingerprint density at radius 3 is 2.43 bits per heavy atom. The lowest BCUT2D eigenvalue weighted by molar-refractivity contribution is -0.135. The first-order valence-electron chi connectivity index (χ1n) is 12.6. The molecule has 2 aliphatic heterocycles. The summed E-state index contributed by atoms with van der Waals surface area (Å²) in [6.45, 7) is 6.11. The fourth-order valence-corrected chi connectivity index (χ4v) is 7.88. The molecule has 3 aromatic rings. The van der Waals surface area contributed by atoms with Gasteiger partial charge in [0.2, 0.25) is 15.9 Å². The number of ether oxygens (including phenoxy) is 1. The van der Waals surface area contributed by atoms with Crippen LogP contribution in [-0.2, 0) is 21.2 Å². The van der Waals surface area contributed by atoms with E-state index in [1.807, 2.05) is 11.8 Å². The molecule has 7 nitrogen and oxygen atoms in total. The monoisotopic (exact) mass is 539 g/mol. The fourth-order valence-electron chi connectivity index (χ4n) is 5.36. The second-order valence-electron chi connectivity index (χ2n) is 9.81. The molecule has 196 valence electrons. The van der Waals surface area contributed by atoms with Gasteiger partial charge in [0.1, 0.15) is 5.75 Å². The smallest absolute Gasteiger partial charge is 0.243 e. The van der Waals surface area contributed by atoms with E-state index in [0.29, 0.717) is 25.4 Å². The number of rotatable bonds is 6. The summed E-state index contributed by atoms with van der Waals surface area (Å²) in [5, 5.41) is 2.14. The molecule has 0 radical (unpaired) electrons. The lowest BCUT2D eigenvalue weighted by atomic mass is 9.92. The normalized spacial score (nSPS) is 21.0.